The van der Waals surface area contributed by atoms with Crippen LogP contribution < -0.4 is 14.8 Å². The lowest BCUT2D eigenvalue weighted by Crippen LogP contribution is -2.35. The smallest absolute Gasteiger partial charge is 0.161 e. The van der Waals surface area contributed by atoms with Crippen LogP contribution in [0.2, 0.25) is 0 Å². The van der Waals surface area contributed by atoms with E-state index in [-0.39, 0.29) is 12.7 Å². The topological polar surface area (TPSA) is 60.0 Å². The summed E-state index contributed by atoms with van der Waals surface area (Å²) in [5.41, 5.74) is 0. The fourth-order valence-corrected chi connectivity index (χ4v) is 2.20. The summed E-state index contributed by atoms with van der Waals surface area (Å²) in [5.74, 6) is 1.32. The molecule has 2 unspecified atom stereocenters. The van der Waals surface area contributed by atoms with Gasteiger partial charge in [-0.3, -0.25) is 0 Å². The third-order valence-corrected chi connectivity index (χ3v) is 3.28. The first-order valence-electron chi connectivity index (χ1n) is 7.06. The summed E-state index contributed by atoms with van der Waals surface area (Å²) in [7, 11) is 1.60. The molecule has 5 heteroatoms. The normalized spacial score (nSPS) is 19.8. The molecule has 1 aliphatic heterocycles. The van der Waals surface area contributed by atoms with E-state index in [9.17, 15) is 5.11 Å². The van der Waals surface area contributed by atoms with E-state index in [4.69, 9.17) is 14.2 Å². The molecule has 0 saturated carbocycles. The molecule has 1 aromatic rings. The van der Waals surface area contributed by atoms with Gasteiger partial charge in [-0.05, 0) is 25.0 Å². The largest absolute Gasteiger partial charge is 0.493 e. The van der Waals surface area contributed by atoms with Gasteiger partial charge in [-0.1, -0.05) is 12.1 Å². The molecule has 1 aliphatic rings. The molecule has 5 nitrogen and oxygen atoms in total. The van der Waals surface area contributed by atoms with Crippen molar-refractivity contribution in [2.24, 2.45) is 0 Å². The van der Waals surface area contributed by atoms with Gasteiger partial charge in [-0.15, -0.1) is 0 Å². The van der Waals surface area contributed by atoms with Crippen LogP contribution in [0.25, 0.3) is 0 Å². The molecule has 1 aromatic carbocycles. The van der Waals surface area contributed by atoms with E-state index in [2.05, 4.69) is 5.32 Å². The Balaban J connectivity index is 1.65. The van der Waals surface area contributed by atoms with E-state index >= 15 is 0 Å². The highest BCUT2D eigenvalue weighted by Gasteiger charge is 2.15. The quantitative estimate of drug-likeness (QED) is 0.750. The van der Waals surface area contributed by atoms with Crippen LogP contribution >= 0.6 is 0 Å². The van der Waals surface area contributed by atoms with E-state index in [1.54, 1.807) is 7.11 Å². The Morgan fingerprint density at radius 2 is 2.20 bits per heavy atom. The number of nitrogens with one attached hydrogen (secondary N) is 1. The van der Waals surface area contributed by atoms with Gasteiger partial charge in [-0.2, -0.15) is 0 Å². The van der Waals surface area contributed by atoms with Gasteiger partial charge in [0.2, 0.25) is 0 Å². The summed E-state index contributed by atoms with van der Waals surface area (Å²) in [6, 6.07) is 7.41. The molecule has 2 N–H and O–H groups in total. The minimum absolute atomic E-state index is 0.235. The highest BCUT2D eigenvalue weighted by atomic mass is 16.5. The Bertz CT molecular complexity index is 393. The maximum absolute atomic E-state index is 9.88. The maximum Gasteiger partial charge on any atom is 0.161 e. The van der Waals surface area contributed by atoms with E-state index in [1.165, 1.54) is 0 Å². The molecule has 0 spiro atoms. The monoisotopic (exact) mass is 281 g/mol. The molecule has 20 heavy (non-hydrogen) atoms. The standard InChI is InChI=1S/C15H23NO4/c1-18-14-6-2-3-7-15(14)20-11-12(17)9-16-10-13-5-4-8-19-13/h2-3,6-7,12-13,16-17H,4-5,8-11H2,1H3. The van der Waals surface area contributed by atoms with Crippen molar-refractivity contribution in [3.05, 3.63) is 24.3 Å². The van der Waals surface area contributed by atoms with Crippen LogP contribution in [-0.4, -0.2) is 50.7 Å². The summed E-state index contributed by atoms with van der Waals surface area (Å²) in [4.78, 5) is 0. The first kappa shape index (κ1) is 15.1. The zero-order chi connectivity index (χ0) is 14.2. The average Bonchev–Trinajstić information content (AvgIpc) is 2.98. The predicted molar refractivity (Wildman–Crippen MR) is 76.3 cm³/mol. The lowest BCUT2D eigenvalue weighted by Gasteiger charge is -2.16. The minimum atomic E-state index is -0.554. The number of rotatable bonds is 8. The molecular formula is C15H23NO4. The van der Waals surface area contributed by atoms with Crippen LogP contribution in [-0.2, 0) is 4.74 Å². The van der Waals surface area contributed by atoms with Crippen LogP contribution in [0.15, 0.2) is 24.3 Å². The fourth-order valence-electron chi connectivity index (χ4n) is 2.20. The predicted octanol–water partition coefficient (Wildman–Crippen LogP) is 1.20. The highest BCUT2D eigenvalue weighted by Crippen LogP contribution is 2.25. The number of methoxy groups -OCH3 is 1. The van der Waals surface area contributed by atoms with Gasteiger partial charge in [0.25, 0.3) is 0 Å². The zero-order valence-corrected chi connectivity index (χ0v) is 11.9. The van der Waals surface area contributed by atoms with Crippen LogP contribution in [0.1, 0.15) is 12.8 Å². The van der Waals surface area contributed by atoms with Crippen LogP contribution in [0.4, 0.5) is 0 Å². The van der Waals surface area contributed by atoms with Crippen LogP contribution in [0.5, 0.6) is 11.5 Å². The number of aliphatic hydroxyl groups is 1. The molecule has 0 aromatic heterocycles. The van der Waals surface area contributed by atoms with Crippen LogP contribution in [0, 0.1) is 0 Å². The molecule has 0 aliphatic carbocycles. The second-order valence-electron chi connectivity index (χ2n) is 4.91. The molecule has 0 radical (unpaired) electrons. The van der Waals surface area contributed by atoms with E-state index in [0.29, 0.717) is 18.0 Å². The van der Waals surface area contributed by atoms with Crippen molar-refractivity contribution in [3.63, 3.8) is 0 Å². The minimum Gasteiger partial charge on any atom is -0.493 e. The zero-order valence-electron chi connectivity index (χ0n) is 11.9. The lowest BCUT2D eigenvalue weighted by molar-refractivity contribution is 0.0874. The van der Waals surface area contributed by atoms with Crippen molar-refractivity contribution in [3.8, 4) is 11.5 Å². The Labute approximate surface area is 119 Å². The molecule has 1 saturated heterocycles. The fraction of sp³-hybridized carbons (Fsp3) is 0.600. The van der Waals surface area contributed by atoms with E-state index in [1.807, 2.05) is 24.3 Å². The van der Waals surface area contributed by atoms with E-state index in [0.717, 1.165) is 26.0 Å². The highest BCUT2D eigenvalue weighted by molar-refractivity contribution is 5.39. The summed E-state index contributed by atoms with van der Waals surface area (Å²) in [6.45, 7) is 2.37. The summed E-state index contributed by atoms with van der Waals surface area (Å²) < 4.78 is 16.3. The molecule has 0 amide bonds. The van der Waals surface area contributed by atoms with Gasteiger partial charge in [0.15, 0.2) is 11.5 Å². The van der Waals surface area contributed by atoms with Gasteiger partial charge >= 0.3 is 0 Å². The first-order chi connectivity index (χ1) is 9.79. The summed E-state index contributed by atoms with van der Waals surface area (Å²) in [5, 5.41) is 13.1. The number of benzene rings is 1. The van der Waals surface area contributed by atoms with Crippen molar-refractivity contribution < 1.29 is 19.3 Å². The summed E-state index contributed by atoms with van der Waals surface area (Å²) >= 11 is 0. The van der Waals surface area contributed by atoms with Gasteiger partial charge in [0.05, 0.1) is 13.2 Å². The van der Waals surface area contributed by atoms with Crippen molar-refractivity contribution in [1.82, 2.24) is 5.32 Å². The van der Waals surface area contributed by atoms with Crippen molar-refractivity contribution >= 4 is 0 Å². The molecule has 0 bridgehead atoms. The average molecular weight is 281 g/mol. The number of hydrogen-bond acceptors (Lipinski definition) is 5. The second kappa shape index (κ2) is 8.09. The Morgan fingerprint density at radius 1 is 1.40 bits per heavy atom. The number of hydrogen-bond donors (Lipinski definition) is 2. The van der Waals surface area contributed by atoms with Gasteiger partial charge in [-0.25, -0.2) is 0 Å². The third-order valence-electron chi connectivity index (χ3n) is 3.28. The summed E-state index contributed by atoms with van der Waals surface area (Å²) in [6.07, 6.45) is 1.96. The van der Waals surface area contributed by atoms with Gasteiger partial charge < -0.3 is 24.6 Å². The molecule has 1 heterocycles. The maximum atomic E-state index is 9.88. The first-order valence-corrected chi connectivity index (χ1v) is 7.06. The second-order valence-corrected chi connectivity index (χ2v) is 4.91. The molecule has 2 rings (SSSR count). The molecular weight excluding hydrogens is 258 g/mol. The van der Waals surface area contributed by atoms with Crippen LogP contribution in [0.3, 0.4) is 0 Å². The van der Waals surface area contributed by atoms with Crippen molar-refractivity contribution in [1.29, 1.82) is 0 Å². The van der Waals surface area contributed by atoms with Crippen molar-refractivity contribution in [2.75, 3.05) is 33.4 Å². The van der Waals surface area contributed by atoms with E-state index < -0.39 is 6.10 Å². The Hall–Kier alpha value is -1.30. The Kier molecular flexibility index (Phi) is 6.11. The van der Waals surface area contributed by atoms with Gasteiger partial charge in [0.1, 0.15) is 12.7 Å². The number of ether oxygens (including phenoxy) is 3. The molecule has 2 atom stereocenters. The molecule has 112 valence electrons. The van der Waals surface area contributed by atoms with Crippen molar-refractivity contribution in [2.45, 2.75) is 25.0 Å². The number of aliphatic hydroxyl groups excluding tert-OH is 1. The molecule has 1 fully saturated rings. The Morgan fingerprint density at radius 3 is 2.90 bits per heavy atom. The lowest BCUT2D eigenvalue weighted by atomic mass is 10.2. The SMILES string of the molecule is COc1ccccc1OCC(O)CNCC1CCCO1. The number of para-hydroxylation sites is 2. The third kappa shape index (κ3) is 4.67. The van der Waals surface area contributed by atoms with Gasteiger partial charge in [0, 0.05) is 19.7 Å².